The van der Waals surface area contributed by atoms with Crippen LogP contribution in [0.4, 0.5) is 4.39 Å². The lowest BCUT2D eigenvalue weighted by atomic mass is 10.1. The summed E-state index contributed by atoms with van der Waals surface area (Å²) in [6, 6.07) is 4.41. The van der Waals surface area contributed by atoms with Gasteiger partial charge in [-0.3, -0.25) is 0 Å². The van der Waals surface area contributed by atoms with E-state index in [4.69, 9.17) is 5.11 Å². The van der Waals surface area contributed by atoms with Crippen LogP contribution in [0.15, 0.2) is 24.4 Å². The number of aliphatic hydroxyl groups is 1. The number of aryl methyl sites for hydroxylation is 1. The molecule has 0 aliphatic carbocycles. The number of nitrogens with zero attached hydrogens (tertiary/aromatic N) is 1. The standard InChI is InChI=1S/C12H12FNO3/c1-2-14-6-8(11(15)12(16)17)7-4-3-5-9(13)10(7)14/h3-6,11,15H,2H2,1H3,(H,16,17). The van der Waals surface area contributed by atoms with Crippen LogP contribution in [0.5, 0.6) is 0 Å². The minimum absolute atomic E-state index is 0.217. The van der Waals surface area contributed by atoms with Gasteiger partial charge in [0.15, 0.2) is 6.10 Å². The van der Waals surface area contributed by atoms with E-state index < -0.39 is 17.9 Å². The predicted molar refractivity (Wildman–Crippen MR) is 60.2 cm³/mol. The Morgan fingerprint density at radius 1 is 1.53 bits per heavy atom. The third-order valence-corrected chi connectivity index (χ3v) is 2.75. The average molecular weight is 237 g/mol. The van der Waals surface area contributed by atoms with Crippen LogP contribution in [0.1, 0.15) is 18.6 Å². The van der Waals surface area contributed by atoms with Gasteiger partial charge in [0.1, 0.15) is 5.82 Å². The van der Waals surface area contributed by atoms with E-state index in [-0.39, 0.29) is 5.56 Å². The number of carboxylic acids is 1. The molecule has 0 bridgehead atoms. The molecular formula is C12H12FNO3. The molecule has 2 aromatic rings. The monoisotopic (exact) mass is 237 g/mol. The highest BCUT2D eigenvalue weighted by Crippen LogP contribution is 2.28. The first-order valence-electron chi connectivity index (χ1n) is 5.24. The lowest BCUT2D eigenvalue weighted by Crippen LogP contribution is -2.09. The van der Waals surface area contributed by atoms with Gasteiger partial charge in [0.2, 0.25) is 0 Å². The Morgan fingerprint density at radius 3 is 2.82 bits per heavy atom. The molecule has 1 atom stereocenters. The lowest BCUT2D eigenvalue weighted by Gasteiger charge is -2.02. The molecule has 1 aromatic heterocycles. The average Bonchev–Trinajstić information content (AvgIpc) is 2.68. The molecule has 1 aromatic carbocycles. The number of para-hydroxylation sites is 1. The van der Waals surface area contributed by atoms with Crippen LogP contribution < -0.4 is 0 Å². The first-order chi connectivity index (χ1) is 8.06. The fourth-order valence-corrected chi connectivity index (χ4v) is 1.94. The maximum Gasteiger partial charge on any atom is 0.337 e. The van der Waals surface area contributed by atoms with Crippen molar-refractivity contribution in [1.29, 1.82) is 0 Å². The minimum atomic E-state index is -1.63. The highest BCUT2D eigenvalue weighted by atomic mass is 19.1. The van der Waals surface area contributed by atoms with Crippen molar-refractivity contribution in [3.63, 3.8) is 0 Å². The Hall–Kier alpha value is -1.88. The lowest BCUT2D eigenvalue weighted by molar-refractivity contribution is -0.146. The second kappa shape index (κ2) is 4.18. The topological polar surface area (TPSA) is 62.5 Å². The quantitative estimate of drug-likeness (QED) is 0.857. The van der Waals surface area contributed by atoms with Crippen molar-refractivity contribution in [1.82, 2.24) is 4.57 Å². The van der Waals surface area contributed by atoms with E-state index in [1.807, 2.05) is 6.92 Å². The van der Waals surface area contributed by atoms with Crippen molar-refractivity contribution in [2.75, 3.05) is 0 Å². The summed E-state index contributed by atoms with van der Waals surface area (Å²) in [5.41, 5.74) is 0.541. The van der Waals surface area contributed by atoms with Gasteiger partial charge >= 0.3 is 5.97 Å². The van der Waals surface area contributed by atoms with Crippen LogP contribution in [0.2, 0.25) is 0 Å². The summed E-state index contributed by atoms with van der Waals surface area (Å²) in [5, 5.41) is 18.8. The summed E-state index contributed by atoms with van der Waals surface area (Å²) >= 11 is 0. The molecule has 1 unspecified atom stereocenters. The van der Waals surface area contributed by atoms with E-state index in [0.717, 1.165) is 0 Å². The summed E-state index contributed by atoms with van der Waals surface area (Å²) in [6.07, 6.45) is -0.154. The van der Waals surface area contributed by atoms with E-state index in [1.165, 1.54) is 18.3 Å². The van der Waals surface area contributed by atoms with Gasteiger partial charge in [0.05, 0.1) is 5.52 Å². The Labute approximate surface area is 96.9 Å². The van der Waals surface area contributed by atoms with Gasteiger partial charge < -0.3 is 14.8 Å². The normalized spacial score (nSPS) is 12.9. The van der Waals surface area contributed by atoms with Crippen molar-refractivity contribution in [2.24, 2.45) is 0 Å². The molecule has 5 heteroatoms. The van der Waals surface area contributed by atoms with Crippen molar-refractivity contribution >= 4 is 16.9 Å². The van der Waals surface area contributed by atoms with Crippen LogP contribution in [-0.2, 0) is 11.3 Å². The number of aromatic nitrogens is 1. The third kappa shape index (κ3) is 1.78. The molecule has 4 nitrogen and oxygen atoms in total. The Morgan fingerprint density at radius 2 is 2.24 bits per heavy atom. The van der Waals surface area contributed by atoms with Gasteiger partial charge in [-0.2, -0.15) is 0 Å². The fraction of sp³-hybridized carbons (Fsp3) is 0.250. The number of hydrogen-bond donors (Lipinski definition) is 2. The number of benzene rings is 1. The molecule has 0 radical (unpaired) electrons. The minimum Gasteiger partial charge on any atom is -0.479 e. The van der Waals surface area contributed by atoms with Crippen molar-refractivity contribution in [3.05, 3.63) is 35.8 Å². The zero-order valence-electron chi connectivity index (χ0n) is 9.22. The number of carbonyl (C=O) groups is 1. The molecule has 0 fully saturated rings. The van der Waals surface area contributed by atoms with Gasteiger partial charge in [-0.25, -0.2) is 9.18 Å². The molecule has 90 valence electrons. The van der Waals surface area contributed by atoms with E-state index in [9.17, 15) is 14.3 Å². The highest BCUT2D eigenvalue weighted by Gasteiger charge is 2.22. The number of aliphatic carboxylic acids is 1. The van der Waals surface area contributed by atoms with Gasteiger partial charge in [0, 0.05) is 23.7 Å². The zero-order chi connectivity index (χ0) is 12.6. The number of fused-ring (bicyclic) bond motifs is 1. The number of rotatable bonds is 3. The van der Waals surface area contributed by atoms with Crippen molar-refractivity contribution < 1.29 is 19.4 Å². The summed E-state index contributed by atoms with van der Waals surface area (Å²) in [4.78, 5) is 10.8. The molecule has 2 rings (SSSR count). The predicted octanol–water partition coefficient (Wildman–Crippen LogP) is 1.92. The second-order valence-corrected chi connectivity index (χ2v) is 3.75. The van der Waals surface area contributed by atoms with Gasteiger partial charge in [-0.1, -0.05) is 12.1 Å². The molecule has 0 aliphatic rings. The molecule has 0 spiro atoms. The first-order valence-corrected chi connectivity index (χ1v) is 5.24. The molecule has 1 heterocycles. The third-order valence-electron chi connectivity index (χ3n) is 2.75. The number of hydrogen-bond acceptors (Lipinski definition) is 2. The largest absolute Gasteiger partial charge is 0.479 e. The molecule has 0 aliphatic heterocycles. The number of carboxylic acid groups (broad SMARTS) is 1. The van der Waals surface area contributed by atoms with Crippen LogP contribution in [0.25, 0.3) is 10.9 Å². The highest BCUT2D eigenvalue weighted by molar-refractivity contribution is 5.89. The van der Waals surface area contributed by atoms with E-state index >= 15 is 0 Å². The van der Waals surface area contributed by atoms with Gasteiger partial charge in [0.25, 0.3) is 0 Å². The van der Waals surface area contributed by atoms with Gasteiger partial charge in [-0.05, 0) is 13.0 Å². The Bertz CT molecular complexity index is 576. The summed E-state index contributed by atoms with van der Waals surface area (Å²) in [6.45, 7) is 2.33. The Balaban J connectivity index is 2.74. The maximum atomic E-state index is 13.7. The van der Waals surface area contributed by atoms with E-state index in [1.54, 1.807) is 10.6 Å². The summed E-state index contributed by atoms with van der Waals surface area (Å²) < 4.78 is 15.3. The molecular weight excluding hydrogens is 225 g/mol. The van der Waals surface area contributed by atoms with E-state index in [0.29, 0.717) is 17.4 Å². The summed E-state index contributed by atoms with van der Waals surface area (Å²) in [5.74, 6) is -1.77. The van der Waals surface area contributed by atoms with Crippen molar-refractivity contribution in [2.45, 2.75) is 19.6 Å². The Kier molecular flexibility index (Phi) is 2.85. The maximum absolute atomic E-state index is 13.7. The smallest absolute Gasteiger partial charge is 0.337 e. The number of aliphatic hydroxyl groups excluding tert-OH is 1. The van der Waals surface area contributed by atoms with E-state index in [2.05, 4.69) is 0 Å². The van der Waals surface area contributed by atoms with Crippen LogP contribution >= 0.6 is 0 Å². The fourth-order valence-electron chi connectivity index (χ4n) is 1.94. The molecule has 0 amide bonds. The number of halogens is 1. The second-order valence-electron chi connectivity index (χ2n) is 3.75. The molecule has 0 saturated carbocycles. The van der Waals surface area contributed by atoms with Crippen LogP contribution in [-0.4, -0.2) is 20.7 Å². The first kappa shape index (κ1) is 11.6. The van der Waals surface area contributed by atoms with Crippen LogP contribution in [0.3, 0.4) is 0 Å². The SMILES string of the molecule is CCn1cc(C(O)C(=O)O)c2cccc(F)c21. The molecule has 0 saturated heterocycles. The molecule has 2 N–H and O–H groups in total. The van der Waals surface area contributed by atoms with Crippen LogP contribution in [0, 0.1) is 5.82 Å². The molecule has 17 heavy (non-hydrogen) atoms. The van der Waals surface area contributed by atoms with Crippen molar-refractivity contribution in [3.8, 4) is 0 Å². The zero-order valence-corrected chi connectivity index (χ0v) is 9.22. The summed E-state index contributed by atoms with van der Waals surface area (Å²) in [7, 11) is 0. The van der Waals surface area contributed by atoms with Gasteiger partial charge in [-0.15, -0.1) is 0 Å².